The summed E-state index contributed by atoms with van der Waals surface area (Å²) in [6.07, 6.45) is 5.82. The fourth-order valence-electron chi connectivity index (χ4n) is 5.61. The minimum Gasteiger partial charge on any atom is -0.493 e. The zero-order valence-electron chi connectivity index (χ0n) is 21.5. The summed E-state index contributed by atoms with van der Waals surface area (Å²) >= 11 is 0. The molecule has 0 bridgehead atoms. The van der Waals surface area contributed by atoms with Crippen LogP contribution in [0.4, 0.5) is 5.69 Å². The van der Waals surface area contributed by atoms with Gasteiger partial charge in [0.1, 0.15) is 5.69 Å². The first-order valence-corrected chi connectivity index (χ1v) is 12.0. The topological polar surface area (TPSA) is 113 Å². The average molecular weight is 495 g/mol. The van der Waals surface area contributed by atoms with Crippen LogP contribution in [-0.4, -0.2) is 70.0 Å². The number of benzene rings is 1. The molecule has 0 spiro atoms. The molecule has 192 valence electrons. The highest BCUT2D eigenvalue weighted by atomic mass is 16.5. The van der Waals surface area contributed by atoms with E-state index in [-0.39, 0.29) is 11.5 Å². The number of anilines is 1. The SMILES string of the molecule is COc1ccc(NC(=NC2CCC3(c4ccc(OC)c(OC)c4)CCN(C)C3C2)NC#N)c(OC)n1. The molecule has 1 saturated carbocycles. The molecule has 10 nitrogen and oxygen atoms in total. The molecular formula is C26H34N6O4. The lowest BCUT2D eigenvalue weighted by Crippen LogP contribution is -2.47. The number of pyridine rings is 1. The van der Waals surface area contributed by atoms with Gasteiger partial charge in [-0.2, -0.15) is 10.2 Å². The molecule has 36 heavy (non-hydrogen) atoms. The zero-order valence-corrected chi connectivity index (χ0v) is 21.5. The van der Waals surface area contributed by atoms with Crippen molar-refractivity contribution in [2.75, 3.05) is 47.3 Å². The second-order valence-electron chi connectivity index (χ2n) is 9.15. The van der Waals surface area contributed by atoms with Gasteiger partial charge in [0.05, 0.1) is 34.5 Å². The molecule has 0 amide bonds. The van der Waals surface area contributed by atoms with Crippen LogP contribution in [0.15, 0.2) is 35.3 Å². The van der Waals surface area contributed by atoms with Crippen molar-refractivity contribution >= 4 is 11.6 Å². The molecule has 1 aliphatic carbocycles. The van der Waals surface area contributed by atoms with Crippen LogP contribution in [0.3, 0.4) is 0 Å². The van der Waals surface area contributed by atoms with E-state index in [1.807, 2.05) is 12.3 Å². The number of likely N-dealkylation sites (tertiary alicyclic amines) is 1. The Balaban J connectivity index is 1.58. The third kappa shape index (κ3) is 4.84. The van der Waals surface area contributed by atoms with E-state index < -0.39 is 0 Å². The van der Waals surface area contributed by atoms with E-state index >= 15 is 0 Å². The Labute approximate surface area is 212 Å². The van der Waals surface area contributed by atoms with Crippen molar-refractivity contribution in [2.45, 2.75) is 43.2 Å². The van der Waals surface area contributed by atoms with E-state index in [2.05, 4.69) is 39.7 Å². The van der Waals surface area contributed by atoms with Crippen LogP contribution in [0.25, 0.3) is 0 Å². The Hall–Kier alpha value is -3.71. The van der Waals surface area contributed by atoms with Gasteiger partial charge in [0, 0.05) is 17.5 Å². The Morgan fingerprint density at radius 1 is 1.08 bits per heavy atom. The predicted molar refractivity (Wildman–Crippen MR) is 137 cm³/mol. The smallest absolute Gasteiger partial charge is 0.240 e. The van der Waals surface area contributed by atoms with Gasteiger partial charge < -0.3 is 29.2 Å². The number of nitriles is 1. The highest BCUT2D eigenvalue weighted by Gasteiger charge is 2.50. The lowest BCUT2D eigenvalue weighted by Gasteiger charge is -2.44. The van der Waals surface area contributed by atoms with Crippen LogP contribution in [0.1, 0.15) is 31.2 Å². The van der Waals surface area contributed by atoms with Gasteiger partial charge in [0.15, 0.2) is 17.7 Å². The first-order chi connectivity index (χ1) is 17.5. The Morgan fingerprint density at radius 2 is 1.89 bits per heavy atom. The maximum absolute atomic E-state index is 9.35. The number of rotatable bonds is 7. The van der Waals surface area contributed by atoms with Crippen LogP contribution in [0.5, 0.6) is 23.3 Å². The quantitative estimate of drug-likeness (QED) is 0.259. The van der Waals surface area contributed by atoms with Gasteiger partial charge in [0.25, 0.3) is 0 Å². The van der Waals surface area contributed by atoms with Gasteiger partial charge in [-0.05, 0) is 63.0 Å². The molecule has 1 aliphatic heterocycles. The number of hydrogen-bond donors (Lipinski definition) is 2. The van der Waals surface area contributed by atoms with Crippen molar-refractivity contribution in [3.05, 3.63) is 35.9 Å². The normalized spacial score (nSPS) is 23.8. The maximum Gasteiger partial charge on any atom is 0.240 e. The molecule has 0 radical (unpaired) electrons. The molecule has 1 aromatic heterocycles. The summed E-state index contributed by atoms with van der Waals surface area (Å²) in [5, 5.41) is 15.2. The predicted octanol–water partition coefficient (Wildman–Crippen LogP) is 3.15. The molecular weight excluding hydrogens is 460 g/mol. The monoisotopic (exact) mass is 494 g/mol. The number of fused-ring (bicyclic) bond motifs is 1. The number of nitrogens with one attached hydrogen (secondary N) is 2. The second kappa shape index (κ2) is 10.9. The van der Waals surface area contributed by atoms with Gasteiger partial charge in [-0.1, -0.05) is 6.07 Å². The van der Waals surface area contributed by atoms with E-state index in [0.717, 1.165) is 43.7 Å². The summed E-state index contributed by atoms with van der Waals surface area (Å²) in [5.74, 6) is 2.65. The van der Waals surface area contributed by atoms with Crippen LogP contribution >= 0.6 is 0 Å². The van der Waals surface area contributed by atoms with Crippen molar-refractivity contribution in [3.63, 3.8) is 0 Å². The third-order valence-corrected chi connectivity index (χ3v) is 7.43. The first-order valence-electron chi connectivity index (χ1n) is 12.0. The summed E-state index contributed by atoms with van der Waals surface area (Å²) < 4.78 is 21.6. The van der Waals surface area contributed by atoms with Crippen LogP contribution in [0, 0.1) is 11.5 Å². The minimum absolute atomic E-state index is 0.0275. The second-order valence-corrected chi connectivity index (χ2v) is 9.15. The molecule has 4 rings (SSSR count). The molecule has 10 heteroatoms. The highest BCUT2D eigenvalue weighted by Crippen LogP contribution is 2.50. The van der Waals surface area contributed by atoms with Crippen LogP contribution < -0.4 is 29.6 Å². The minimum atomic E-state index is 0.0275. The largest absolute Gasteiger partial charge is 0.493 e. The zero-order chi connectivity index (χ0) is 25.7. The highest BCUT2D eigenvalue weighted by molar-refractivity contribution is 5.95. The molecule has 2 aliphatic rings. The average Bonchev–Trinajstić information content (AvgIpc) is 3.25. The maximum atomic E-state index is 9.35. The molecule has 2 fully saturated rings. The summed E-state index contributed by atoms with van der Waals surface area (Å²) in [6.45, 7) is 1.02. The standard InChI is InChI=1S/C26H34N6O4/c1-32-13-12-26(17-6-8-20(33-2)21(14-17)34-3)11-10-18(15-22(26)32)29-25(28-16-27)30-19-7-9-23(35-4)31-24(19)36-5/h6-9,14,18,22H,10-13,15H2,1-5H3,(H2,28,29,30). The van der Waals surface area contributed by atoms with Gasteiger partial charge in [-0.3, -0.25) is 5.32 Å². The Kier molecular flexibility index (Phi) is 7.70. The lowest BCUT2D eigenvalue weighted by molar-refractivity contribution is 0.168. The number of nitrogens with zero attached hydrogens (tertiary/aromatic N) is 4. The van der Waals surface area contributed by atoms with E-state index in [1.165, 1.54) is 12.7 Å². The molecule has 3 atom stereocenters. The number of aromatic nitrogens is 1. The number of aliphatic imine (C=N–C) groups is 1. The lowest BCUT2D eigenvalue weighted by atomic mass is 9.65. The molecule has 2 N–H and O–H groups in total. The third-order valence-electron chi connectivity index (χ3n) is 7.43. The first kappa shape index (κ1) is 25.4. The summed E-state index contributed by atoms with van der Waals surface area (Å²) in [7, 11) is 8.59. The number of hydrogen-bond acceptors (Lipinski definition) is 8. The van der Waals surface area contributed by atoms with Crippen molar-refractivity contribution in [1.29, 1.82) is 5.26 Å². The molecule has 1 aromatic carbocycles. The fourth-order valence-corrected chi connectivity index (χ4v) is 5.61. The van der Waals surface area contributed by atoms with Gasteiger partial charge >= 0.3 is 0 Å². The summed E-state index contributed by atoms with van der Waals surface area (Å²) in [5.41, 5.74) is 1.90. The summed E-state index contributed by atoms with van der Waals surface area (Å²) in [4.78, 5) is 11.6. The Morgan fingerprint density at radius 3 is 2.58 bits per heavy atom. The van der Waals surface area contributed by atoms with Crippen molar-refractivity contribution in [2.24, 2.45) is 4.99 Å². The van der Waals surface area contributed by atoms with Crippen LogP contribution in [-0.2, 0) is 5.41 Å². The van der Waals surface area contributed by atoms with E-state index in [4.69, 9.17) is 23.9 Å². The fraction of sp³-hybridized carbons (Fsp3) is 0.500. The van der Waals surface area contributed by atoms with Crippen molar-refractivity contribution < 1.29 is 18.9 Å². The number of ether oxygens (including phenoxy) is 4. The molecule has 3 unspecified atom stereocenters. The Bertz CT molecular complexity index is 1150. The van der Waals surface area contributed by atoms with Gasteiger partial charge in [-0.15, -0.1) is 0 Å². The molecule has 2 heterocycles. The van der Waals surface area contributed by atoms with E-state index in [1.54, 1.807) is 33.5 Å². The van der Waals surface area contributed by atoms with Crippen molar-refractivity contribution in [1.82, 2.24) is 15.2 Å². The summed E-state index contributed by atoms with van der Waals surface area (Å²) in [6, 6.07) is 10.2. The molecule has 1 saturated heterocycles. The van der Waals surface area contributed by atoms with Gasteiger partial charge in [-0.25, -0.2) is 4.99 Å². The van der Waals surface area contributed by atoms with Crippen molar-refractivity contribution in [3.8, 4) is 29.5 Å². The van der Waals surface area contributed by atoms with Gasteiger partial charge in [0.2, 0.25) is 17.7 Å². The number of methoxy groups -OCH3 is 4. The van der Waals surface area contributed by atoms with E-state index in [0.29, 0.717) is 29.4 Å². The van der Waals surface area contributed by atoms with E-state index in [9.17, 15) is 5.26 Å². The number of guanidine groups is 1. The van der Waals surface area contributed by atoms with Crippen LogP contribution in [0.2, 0.25) is 0 Å². The molecule has 2 aromatic rings. The number of likely N-dealkylation sites (N-methyl/N-ethyl adjacent to an activating group) is 1.